The van der Waals surface area contributed by atoms with Crippen molar-refractivity contribution in [1.29, 1.82) is 0 Å². The van der Waals surface area contributed by atoms with Crippen molar-refractivity contribution in [2.75, 3.05) is 28.1 Å². The molecule has 1 atom stereocenters. The van der Waals surface area contributed by atoms with Gasteiger partial charge < -0.3 is 28.1 Å². The van der Waals surface area contributed by atoms with Crippen LogP contribution in [-0.4, -0.2) is 34.1 Å². The molecule has 5 rings (SSSR count). The Balaban J connectivity index is 1.70. The van der Waals surface area contributed by atoms with Crippen molar-refractivity contribution in [2.45, 2.75) is 12.3 Å². The van der Waals surface area contributed by atoms with Crippen LogP contribution in [0.4, 0.5) is 0 Å². The van der Waals surface area contributed by atoms with Gasteiger partial charge in [0.2, 0.25) is 12.2 Å². The number of fused-ring (bicyclic) bond motifs is 2. The molecule has 4 aromatic rings. The summed E-state index contributed by atoms with van der Waals surface area (Å²) in [6.07, 6.45) is 1.43. The van der Waals surface area contributed by atoms with E-state index in [1.807, 2.05) is 12.1 Å². The third-order valence-corrected chi connectivity index (χ3v) is 6.31. The lowest BCUT2D eigenvalue weighted by Crippen LogP contribution is -2.13. The zero-order chi connectivity index (χ0) is 25.2. The highest BCUT2D eigenvalue weighted by molar-refractivity contribution is 5.87. The van der Waals surface area contributed by atoms with E-state index in [1.165, 1.54) is 20.5 Å². The third-order valence-electron chi connectivity index (χ3n) is 6.31. The van der Waals surface area contributed by atoms with Crippen molar-refractivity contribution < 1.29 is 32.9 Å². The van der Waals surface area contributed by atoms with E-state index in [9.17, 15) is 9.59 Å². The average molecular weight is 488 g/mol. The summed E-state index contributed by atoms with van der Waals surface area (Å²) in [6, 6.07) is 16.0. The highest BCUT2D eigenvalue weighted by Crippen LogP contribution is 2.43. The SMILES string of the molecule is COC(=O)C[C@@H](c1ccc2c(c1)OCO2)c1c(OC)ccc2c(=O)c(-c3ccc(OC)cc3)coc12. The lowest BCUT2D eigenvalue weighted by molar-refractivity contribution is -0.140. The first-order valence-corrected chi connectivity index (χ1v) is 11.3. The number of hydrogen-bond donors (Lipinski definition) is 0. The zero-order valence-electron chi connectivity index (χ0n) is 20.0. The molecule has 36 heavy (non-hydrogen) atoms. The van der Waals surface area contributed by atoms with Crippen LogP contribution in [0.25, 0.3) is 22.1 Å². The lowest BCUT2D eigenvalue weighted by atomic mass is 9.86. The highest BCUT2D eigenvalue weighted by Gasteiger charge is 2.28. The highest BCUT2D eigenvalue weighted by atomic mass is 16.7. The molecule has 0 aliphatic carbocycles. The quantitative estimate of drug-likeness (QED) is 0.339. The number of methoxy groups -OCH3 is 3. The van der Waals surface area contributed by atoms with Gasteiger partial charge in [0.1, 0.15) is 23.3 Å². The van der Waals surface area contributed by atoms with E-state index < -0.39 is 11.9 Å². The number of ether oxygens (including phenoxy) is 5. The van der Waals surface area contributed by atoms with Crippen molar-refractivity contribution >= 4 is 16.9 Å². The van der Waals surface area contributed by atoms with E-state index in [0.717, 1.165) is 5.56 Å². The standard InChI is InChI=1S/C28H24O8/c1-31-18-7-4-16(5-8-18)21-14-34-28-19(27(21)30)9-11-23(32-2)26(28)20(13-25(29)33-3)17-6-10-22-24(12-17)36-15-35-22/h4-12,14,20H,13,15H2,1-3H3/t20-/m0/s1. The van der Waals surface area contributed by atoms with Crippen LogP contribution in [0.5, 0.6) is 23.0 Å². The molecule has 3 aromatic carbocycles. The smallest absolute Gasteiger partial charge is 0.306 e. The molecular weight excluding hydrogens is 464 g/mol. The molecule has 0 N–H and O–H groups in total. The second kappa shape index (κ2) is 9.65. The average Bonchev–Trinajstić information content (AvgIpc) is 3.39. The van der Waals surface area contributed by atoms with Crippen molar-refractivity contribution in [3.8, 4) is 34.1 Å². The largest absolute Gasteiger partial charge is 0.497 e. The van der Waals surface area contributed by atoms with Gasteiger partial charge in [-0.3, -0.25) is 9.59 Å². The third kappa shape index (κ3) is 4.11. The van der Waals surface area contributed by atoms with Crippen molar-refractivity contribution in [2.24, 2.45) is 0 Å². The summed E-state index contributed by atoms with van der Waals surface area (Å²) in [5, 5.41) is 0.370. The maximum absolute atomic E-state index is 13.6. The predicted molar refractivity (Wildman–Crippen MR) is 132 cm³/mol. The number of carbonyl (C=O) groups is 1. The molecule has 8 heteroatoms. The van der Waals surface area contributed by atoms with E-state index in [0.29, 0.717) is 50.7 Å². The second-order valence-electron chi connectivity index (χ2n) is 8.21. The number of hydrogen-bond acceptors (Lipinski definition) is 8. The van der Waals surface area contributed by atoms with Crippen LogP contribution in [0.2, 0.25) is 0 Å². The first-order chi connectivity index (χ1) is 17.5. The Hall–Kier alpha value is -4.46. The maximum atomic E-state index is 13.6. The lowest BCUT2D eigenvalue weighted by Gasteiger charge is -2.21. The molecule has 0 spiro atoms. The van der Waals surface area contributed by atoms with Gasteiger partial charge in [-0.05, 0) is 47.5 Å². The minimum Gasteiger partial charge on any atom is -0.497 e. The van der Waals surface area contributed by atoms with Gasteiger partial charge in [-0.1, -0.05) is 18.2 Å². The van der Waals surface area contributed by atoms with Gasteiger partial charge in [0.05, 0.1) is 38.7 Å². The molecule has 8 nitrogen and oxygen atoms in total. The molecule has 1 aliphatic heterocycles. The van der Waals surface area contributed by atoms with Gasteiger partial charge in [-0.25, -0.2) is 0 Å². The molecular formula is C28H24O8. The Kier molecular flexibility index (Phi) is 6.25. The first-order valence-electron chi connectivity index (χ1n) is 11.3. The summed E-state index contributed by atoms with van der Waals surface area (Å²) < 4.78 is 32.9. The van der Waals surface area contributed by atoms with Gasteiger partial charge in [0.25, 0.3) is 0 Å². The number of benzene rings is 3. The van der Waals surface area contributed by atoms with E-state index in [2.05, 4.69) is 0 Å². The van der Waals surface area contributed by atoms with E-state index in [-0.39, 0.29) is 18.6 Å². The van der Waals surface area contributed by atoms with Gasteiger partial charge >= 0.3 is 5.97 Å². The molecule has 1 aromatic heterocycles. The van der Waals surface area contributed by atoms with Gasteiger partial charge in [0, 0.05) is 11.5 Å². The zero-order valence-corrected chi connectivity index (χ0v) is 20.0. The molecule has 0 bridgehead atoms. The molecule has 2 heterocycles. The Bertz CT molecular complexity index is 1490. The molecule has 0 radical (unpaired) electrons. The van der Waals surface area contributed by atoms with Gasteiger partial charge in [0.15, 0.2) is 11.5 Å². The molecule has 0 saturated carbocycles. The van der Waals surface area contributed by atoms with E-state index >= 15 is 0 Å². The van der Waals surface area contributed by atoms with Crippen molar-refractivity contribution in [3.05, 3.63) is 82.2 Å². The number of rotatable bonds is 7. The van der Waals surface area contributed by atoms with Crippen LogP contribution >= 0.6 is 0 Å². The Morgan fingerprint density at radius 2 is 1.72 bits per heavy atom. The summed E-state index contributed by atoms with van der Waals surface area (Å²) in [4.78, 5) is 26.0. The second-order valence-corrected chi connectivity index (χ2v) is 8.21. The Labute approximate surface area is 206 Å². The summed E-state index contributed by atoms with van der Waals surface area (Å²) >= 11 is 0. The topological polar surface area (TPSA) is 93.4 Å². The fourth-order valence-electron chi connectivity index (χ4n) is 4.45. The van der Waals surface area contributed by atoms with Gasteiger partial charge in [-0.15, -0.1) is 0 Å². The first kappa shape index (κ1) is 23.3. The Morgan fingerprint density at radius 3 is 2.44 bits per heavy atom. The van der Waals surface area contributed by atoms with Crippen LogP contribution in [-0.2, 0) is 9.53 Å². The summed E-state index contributed by atoms with van der Waals surface area (Å²) in [6.45, 7) is 0.126. The Morgan fingerprint density at radius 1 is 0.944 bits per heavy atom. The maximum Gasteiger partial charge on any atom is 0.306 e. The molecule has 0 unspecified atom stereocenters. The van der Waals surface area contributed by atoms with Gasteiger partial charge in [-0.2, -0.15) is 0 Å². The summed E-state index contributed by atoms with van der Waals surface area (Å²) in [5.41, 5.74) is 2.57. The van der Waals surface area contributed by atoms with Crippen molar-refractivity contribution in [1.82, 2.24) is 0 Å². The molecule has 184 valence electrons. The predicted octanol–water partition coefficient (Wildman–Crippen LogP) is 4.90. The molecule has 0 fully saturated rings. The minimum atomic E-state index is -0.541. The number of carbonyl (C=O) groups excluding carboxylic acids is 1. The fourth-order valence-corrected chi connectivity index (χ4v) is 4.45. The monoisotopic (exact) mass is 488 g/mol. The summed E-state index contributed by atoms with van der Waals surface area (Å²) in [7, 11) is 4.45. The normalized spacial score (nSPS) is 12.9. The van der Waals surface area contributed by atoms with E-state index in [1.54, 1.807) is 49.6 Å². The van der Waals surface area contributed by atoms with Crippen LogP contribution in [0.15, 0.2) is 70.1 Å². The minimum absolute atomic E-state index is 0.00441. The molecule has 0 saturated heterocycles. The van der Waals surface area contributed by atoms with Crippen LogP contribution in [0, 0.1) is 0 Å². The van der Waals surface area contributed by atoms with Crippen LogP contribution in [0.1, 0.15) is 23.5 Å². The number of esters is 1. The molecule has 0 amide bonds. The fraction of sp³-hybridized carbons (Fsp3) is 0.214. The molecule has 1 aliphatic rings. The summed E-state index contributed by atoms with van der Waals surface area (Å²) in [5.74, 6) is 1.40. The van der Waals surface area contributed by atoms with Crippen LogP contribution in [0.3, 0.4) is 0 Å². The van der Waals surface area contributed by atoms with Crippen molar-refractivity contribution in [3.63, 3.8) is 0 Å². The van der Waals surface area contributed by atoms with Crippen LogP contribution < -0.4 is 24.4 Å². The van der Waals surface area contributed by atoms with E-state index in [4.69, 9.17) is 28.1 Å².